The number of carboxylic acids is 1. The number of aromatic carboxylic acids is 1. The molecule has 1 aliphatic carbocycles. The highest BCUT2D eigenvalue weighted by Crippen LogP contribution is 2.41. The number of benzene rings is 1. The Morgan fingerprint density at radius 3 is 2.63 bits per heavy atom. The highest BCUT2D eigenvalue weighted by atomic mass is 79.9. The topological polar surface area (TPSA) is 42.2 Å². The Kier molecular flexibility index (Phi) is 2.93. The van der Waals surface area contributed by atoms with Crippen LogP contribution in [0.25, 0.3) is 11.3 Å². The molecular formula is C14H11BrFNO2. The zero-order valence-corrected chi connectivity index (χ0v) is 11.5. The lowest BCUT2D eigenvalue weighted by molar-refractivity contribution is 0.0685. The second-order valence-corrected chi connectivity index (χ2v) is 5.49. The van der Waals surface area contributed by atoms with Crippen LogP contribution in [0.2, 0.25) is 0 Å². The standard InChI is InChI=1S/C14H11BrFNO2/c15-11-7-8(16)1-4-10(11)12-5-6-13(14(18)19)17(12)9-2-3-9/h1,4-7,9H,2-3H2,(H,18,19). The molecule has 5 heteroatoms. The Morgan fingerprint density at radius 1 is 1.32 bits per heavy atom. The fraction of sp³-hybridized carbons (Fsp3) is 0.214. The first-order valence-electron chi connectivity index (χ1n) is 5.98. The van der Waals surface area contributed by atoms with E-state index in [4.69, 9.17) is 0 Å². The molecule has 19 heavy (non-hydrogen) atoms. The van der Waals surface area contributed by atoms with Gasteiger partial charge in [-0.15, -0.1) is 0 Å². The SMILES string of the molecule is O=C(O)c1ccc(-c2ccc(F)cc2Br)n1C1CC1. The van der Waals surface area contributed by atoms with Gasteiger partial charge in [-0.05, 0) is 59.1 Å². The van der Waals surface area contributed by atoms with E-state index in [9.17, 15) is 14.3 Å². The molecule has 0 spiro atoms. The van der Waals surface area contributed by atoms with E-state index < -0.39 is 5.97 Å². The number of nitrogens with zero attached hydrogens (tertiary/aromatic N) is 1. The van der Waals surface area contributed by atoms with Crippen LogP contribution in [0.1, 0.15) is 29.4 Å². The van der Waals surface area contributed by atoms with Gasteiger partial charge in [-0.1, -0.05) is 0 Å². The number of carboxylic acid groups (broad SMARTS) is 1. The zero-order chi connectivity index (χ0) is 13.6. The molecule has 1 aromatic carbocycles. The minimum atomic E-state index is -0.934. The van der Waals surface area contributed by atoms with Gasteiger partial charge >= 0.3 is 5.97 Å². The minimum Gasteiger partial charge on any atom is -0.477 e. The minimum absolute atomic E-state index is 0.244. The quantitative estimate of drug-likeness (QED) is 0.924. The Balaban J connectivity index is 2.17. The van der Waals surface area contributed by atoms with Crippen LogP contribution in [0, 0.1) is 5.82 Å². The number of halogens is 2. The normalized spacial score (nSPS) is 14.6. The van der Waals surface area contributed by atoms with Crippen LogP contribution in [0.15, 0.2) is 34.8 Å². The third-order valence-electron chi connectivity index (χ3n) is 3.26. The van der Waals surface area contributed by atoms with Gasteiger partial charge < -0.3 is 9.67 Å². The average Bonchev–Trinajstić information content (AvgIpc) is 3.08. The van der Waals surface area contributed by atoms with Crippen molar-refractivity contribution in [3.05, 3.63) is 46.3 Å². The molecule has 0 aliphatic heterocycles. The molecule has 98 valence electrons. The summed E-state index contributed by atoms with van der Waals surface area (Å²) in [7, 11) is 0. The van der Waals surface area contributed by atoms with Gasteiger partial charge in [-0.2, -0.15) is 0 Å². The molecule has 0 amide bonds. The van der Waals surface area contributed by atoms with Crippen LogP contribution in [0.4, 0.5) is 4.39 Å². The Labute approximate surface area is 117 Å². The van der Waals surface area contributed by atoms with Gasteiger partial charge in [-0.25, -0.2) is 9.18 Å². The largest absolute Gasteiger partial charge is 0.477 e. The lowest BCUT2D eigenvalue weighted by Gasteiger charge is -2.12. The summed E-state index contributed by atoms with van der Waals surface area (Å²) in [4.78, 5) is 11.2. The molecule has 1 heterocycles. The smallest absolute Gasteiger partial charge is 0.352 e. The summed E-state index contributed by atoms with van der Waals surface area (Å²) in [6, 6.07) is 8.06. The van der Waals surface area contributed by atoms with Gasteiger partial charge in [0.15, 0.2) is 0 Å². The van der Waals surface area contributed by atoms with Crippen LogP contribution in [0.3, 0.4) is 0 Å². The average molecular weight is 324 g/mol. The third kappa shape index (κ3) is 2.18. The summed E-state index contributed by atoms with van der Waals surface area (Å²) in [5.41, 5.74) is 1.90. The summed E-state index contributed by atoms with van der Waals surface area (Å²) in [5, 5.41) is 9.22. The molecule has 3 nitrogen and oxygen atoms in total. The highest BCUT2D eigenvalue weighted by Gasteiger charge is 2.30. The maximum atomic E-state index is 13.1. The molecule has 1 fully saturated rings. The number of rotatable bonds is 3. The first-order valence-corrected chi connectivity index (χ1v) is 6.77. The second kappa shape index (κ2) is 4.49. The van der Waals surface area contributed by atoms with E-state index in [1.54, 1.807) is 18.2 Å². The Hall–Kier alpha value is -1.62. The van der Waals surface area contributed by atoms with Crippen molar-refractivity contribution in [3.8, 4) is 11.3 Å². The molecular weight excluding hydrogens is 313 g/mol. The van der Waals surface area contributed by atoms with Gasteiger partial charge in [0.25, 0.3) is 0 Å². The van der Waals surface area contributed by atoms with Crippen molar-refractivity contribution in [1.29, 1.82) is 0 Å². The van der Waals surface area contributed by atoms with Crippen LogP contribution in [0.5, 0.6) is 0 Å². The number of carbonyl (C=O) groups is 1. The molecule has 2 aromatic rings. The Morgan fingerprint density at radius 2 is 2.05 bits per heavy atom. The highest BCUT2D eigenvalue weighted by molar-refractivity contribution is 9.10. The molecule has 1 saturated carbocycles. The molecule has 0 saturated heterocycles. The van der Waals surface area contributed by atoms with Gasteiger partial charge in [0.05, 0.1) is 5.69 Å². The lowest BCUT2D eigenvalue weighted by Crippen LogP contribution is -2.08. The van der Waals surface area contributed by atoms with E-state index in [1.165, 1.54) is 12.1 Å². The molecule has 1 N–H and O–H groups in total. The molecule has 0 radical (unpaired) electrons. The van der Waals surface area contributed by atoms with E-state index in [2.05, 4.69) is 15.9 Å². The summed E-state index contributed by atoms with van der Waals surface area (Å²) in [5.74, 6) is -1.25. The van der Waals surface area contributed by atoms with Gasteiger partial charge in [-0.3, -0.25) is 0 Å². The maximum absolute atomic E-state index is 13.1. The van der Waals surface area contributed by atoms with Crippen LogP contribution in [-0.2, 0) is 0 Å². The van der Waals surface area contributed by atoms with Crippen LogP contribution >= 0.6 is 15.9 Å². The van der Waals surface area contributed by atoms with E-state index >= 15 is 0 Å². The Bertz CT molecular complexity index is 661. The van der Waals surface area contributed by atoms with Crippen LogP contribution in [-0.4, -0.2) is 15.6 Å². The van der Waals surface area contributed by atoms with Gasteiger partial charge in [0.2, 0.25) is 0 Å². The van der Waals surface area contributed by atoms with E-state index in [1.807, 2.05) is 4.57 Å². The van der Waals surface area contributed by atoms with Crippen molar-refractivity contribution in [2.75, 3.05) is 0 Å². The predicted molar refractivity (Wildman–Crippen MR) is 72.8 cm³/mol. The van der Waals surface area contributed by atoms with E-state index in [0.29, 0.717) is 4.47 Å². The van der Waals surface area contributed by atoms with E-state index in [0.717, 1.165) is 24.1 Å². The van der Waals surface area contributed by atoms with Crippen molar-refractivity contribution < 1.29 is 14.3 Å². The summed E-state index contributed by atoms with van der Waals surface area (Å²) < 4.78 is 15.6. The summed E-state index contributed by atoms with van der Waals surface area (Å²) >= 11 is 3.33. The van der Waals surface area contributed by atoms with Crippen molar-refractivity contribution in [2.24, 2.45) is 0 Å². The van der Waals surface area contributed by atoms with Gasteiger partial charge in [0, 0.05) is 16.1 Å². The van der Waals surface area contributed by atoms with Crippen molar-refractivity contribution >= 4 is 21.9 Å². The number of hydrogen-bond acceptors (Lipinski definition) is 1. The molecule has 1 aliphatic rings. The number of aromatic nitrogens is 1. The molecule has 3 rings (SSSR count). The molecule has 0 bridgehead atoms. The van der Waals surface area contributed by atoms with Crippen molar-refractivity contribution in [1.82, 2.24) is 4.57 Å². The van der Waals surface area contributed by atoms with E-state index in [-0.39, 0.29) is 17.6 Å². The molecule has 0 atom stereocenters. The monoisotopic (exact) mass is 323 g/mol. The van der Waals surface area contributed by atoms with Crippen LogP contribution < -0.4 is 0 Å². The fourth-order valence-electron chi connectivity index (χ4n) is 2.27. The molecule has 1 aromatic heterocycles. The van der Waals surface area contributed by atoms with Crippen molar-refractivity contribution in [2.45, 2.75) is 18.9 Å². The second-order valence-electron chi connectivity index (χ2n) is 4.63. The van der Waals surface area contributed by atoms with Crippen molar-refractivity contribution in [3.63, 3.8) is 0 Å². The first kappa shape index (κ1) is 12.4. The summed E-state index contributed by atoms with van der Waals surface area (Å²) in [6.45, 7) is 0. The maximum Gasteiger partial charge on any atom is 0.352 e. The predicted octanol–water partition coefficient (Wildman–Crippen LogP) is 4.09. The summed E-state index contributed by atoms with van der Waals surface area (Å²) in [6.07, 6.45) is 1.97. The fourth-order valence-corrected chi connectivity index (χ4v) is 2.82. The zero-order valence-electron chi connectivity index (χ0n) is 9.94. The lowest BCUT2D eigenvalue weighted by atomic mass is 10.1. The third-order valence-corrected chi connectivity index (χ3v) is 3.91. The number of hydrogen-bond donors (Lipinski definition) is 1. The van der Waals surface area contributed by atoms with Gasteiger partial charge in [0.1, 0.15) is 11.5 Å². The molecule has 0 unspecified atom stereocenters. The first-order chi connectivity index (χ1) is 9.08.